The van der Waals surface area contributed by atoms with E-state index in [4.69, 9.17) is 4.52 Å². The van der Waals surface area contributed by atoms with E-state index in [1.807, 2.05) is 48.4 Å². The van der Waals surface area contributed by atoms with Crippen LogP contribution in [0.25, 0.3) is 16.9 Å². The Bertz CT molecular complexity index is 1380. The Morgan fingerprint density at radius 2 is 2.12 bits per heavy atom. The lowest BCUT2D eigenvalue weighted by atomic mass is 9.64. The molecule has 0 spiro atoms. The van der Waals surface area contributed by atoms with Gasteiger partial charge in [0.2, 0.25) is 0 Å². The average molecular weight is 444 g/mol. The number of aromatic nitrogens is 5. The number of carbonyl (C=O) groups is 1. The Morgan fingerprint density at radius 3 is 2.94 bits per heavy atom. The van der Waals surface area contributed by atoms with Crippen molar-refractivity contribution in [2.45, 2.75) is 51.6 Å². The van der Waals surface area contributed by atoms with Crippen LogP contribution >= 0.6 is 0 Å². The predicted molar refractivity (Wildman–Crippen MR) is 122 cm³/mol. The Kier molecular flexibility index (Phi) is 4.30. The van der Waals surface area contributed by atoms with E-state index in [9.17, 15) is 4.79 Å². The molecule has 1 N–H and O–H groups in total. The fourth-order valence-electron chi connectivity index (χ4n) is 5.52. The lowest BCUT2D eigenvalue weighted by molar-refractivity contribution is -0.111. The zero-order chi connectivity index (χ0) is 22.7. The van der Waals surface area contributed by atoms with E-state index in [1.165, 1.54) is 0 Å². The summed E-state index contributed by atoms with van der Waals surface area (Å²) < 4.78 is 7.34. The second-order valence-corrected chi connectivity index (χ2v) is 9.37. The molecule has 2 aliphatic rings. The molecule has 4 heterocycles. The van der Waals surface area contributed by atoms with E-state index in [0.717, 1.165) is 35.9 Å². The summed E-state index contributed by atoms with van der Waals surface area (Å²) in [4.78, 5) is 24.4. The first-order valence-corrected chi connectivity index (χ1v) is 11.3. The minimum absolute atomic E-state index is 0.148. The summed E-state index contributed by atoms with van der Waals surface area (Å²) in [7, 11) is 0. The van der Waals surface area contributed by atoms with Gasteiger partial charge in [0.25, 0.3) is 5.89 Å². The molecule has 1 saturated heterocycles. The van der Waals surface area contributed by atoms with Gasteiger partial charge in [-0.3, -0.25) is 0 Å². The van der Waals surface area contributed by atoms with Crippen LogP contribution in [-0.4, -0.2) is 41.7 Å². The molecule has 9 heteroatoms. The first kappa shape index (κ1) is 19.9. The highest BCUT2D eigenvalue weighted by atomic mass is 16.5. The number of benzene rings is 1. The molecule has 0 unspecified atom stereocenters. The van der Waals surface area contributed by atoms with Gasteiger partial charge < -0.3 is 14.7 Å². The smallest absolute Gasteiger partial charge is 0.323 e. The molecule has 0 radical (unpaired) electrons. The van der Waals surface area contributed by atoms with Gasteiger partial charge in [0, 0.05) is 29.9 Å². The maximum absolute atomic E-state index is 13.5. The van der Waals surface area contributed by atoms with Gasteiger partial charge >= 0.3 is 6.03 Å². The molecule has 1 aromatic carbocycles. The van der Waals surface area contributed by atoms with Crippen molar-refractivity contribution in [2.75, 3.05) is 5.32 Å². The Morgan fingerprint density at radius 1 is 1.24 bits per heavy atom. The zero-order valence-electron chi connectivity index (χ0n) is 18.8. The van der Waals surface area contributed by atoms with Gasteiger partial charge in [0.1, 0.15) is 5.54 Å². The standard InChI is InChI=1S/C24H25N7O2/c1-14-9-19-12-24(11-14,22-26-16(3)29-33-22)31(19)23(32)27-17-7-6-15(2)20(10-17)21-25-13-18-5-4-8-30(18)28-21/h4-8,10,13-14,19H,9,11-12H2,1-3H3,(H,27,32)/t14-,19+,24-/m0/s1. The van der Waals surface area contributed by atoms with Crippen LogP contribution < -0.4 is 5.32 Å². The Balaban J connectivity index is 1.30. The fraction of sp³-hybridized carbons (Fsp3) is 0.375. The summed E-state index contributed by atoms with van der Waals surface area (Å²) in [5.74, 6) is 2.23. The van der Waals surface area contributed by atoms with Gasteiger partial charge in [-0.2, -0.15) is 4.98 Å². The molecule has 33 heavy (non-hydrogen) atoms. The largest absolute Gasteiger partial charge is 0.337 e. The zero-order valence-corrected chi connectivity index (χ0v) is 18.8. The number of piperidine rings is 1. The number of likely N-dealkylation sites (tertiary alicyclic amines) is 1. The van der Waals surface area contributed by atoms with Gasteiger partial charge in [0.05, 0.1) is 11.7 Å². The summed E-state index contributed by atoms with van der Waals surface area (Å²) >= 11 is 0. The number of urea groups is 1. The third kappa shape index (κ3) is 3.10. The lowest BCUT2D eigenvalue weighted by Crippen LogP contribution is -2.70. The molecule has 4 aromatic rings. The van der Waals surface area contributed by atoms with Crippen molar-refractivity contribution in [3.8, 4) is 11.4 Å². The van der Waals surface area contributed by atoms with E-state index in [1.54, 1.807) is 17.6 Å². The minimum atomic E-state index is -0.524. The predicted octanol–water partition coefficient (Wildman–Crippen LogP) is 4.33. The number of nitrogens with one attached hydrogen (secondary N) is 1. The SMILES string of the molecule is Cc1noc([C@]23C[C@@H](C)C[C@H](C2)N3C(=O)Nc2ccc(C)c(-c3ncc4cccn4n3)c2)n1. The third-order valence-electron chi connectivity index (χ3n) is 6.91. The molecule has 2 amide bonds. The molecule has 2 fully saturated rings. The second-order valence-electron chi connectivity index (χ2n) is 9.37. The topological polar surface area (TPSA) is 101 Å². The molecular weight excluding hydrogens is 418 g/mol. The molecule has 2 bridgehead atoms. The van der Waals surface area contributed by atoms with Crippen LogP contribution in [0, 0.1) is 19.8 Å². The highest BCUT2D eigenvalue weighted by Crippen LogP contribution is 2.55. The molecule has 168 valence electrons. The van der Waals surface area contributed by atoms with Crippen molar-refractivity contribution in [2.24, 2.45) is 5.92 Å². The van der Waals surface area contributed by atoms with Gasteiger partial charge in [0.15, 0.2) is 11.6 Å². The second kappa shape index (κ2) is 7.13. The molecule has 1 saturated carbocycles. The number of nitrogens with zero attached hydrogens (tertiary/aromatic N) is 6. The van der Waals surface area contributed by atoms with Crippen molar-refractivity contribution in [3.63, 3.8) is 0 Å². The maximum atomic E-state index is 13.5. The van der Waals surface area contributed by atoms with Crippen LogP contribution in [0.2, 0.25) is 0 Å². The lowest BCUT2D eigenvalue weighted by Gasteiger charge is -2.61. The number of hydrogen-bond donors (Lipinski definition) is 1. The van der Waals surface area contributed by atoms with Crippen LogP contribution in [0.3, 0.4) is 0 Å². The number of aryl methyl sites for hydroxylation is 2. The Hall–Kier alpha value is -3.75. The van der Waals surface area contributed by atoms with Crippen LogP contribution in [0.15, 0.2) is 47.2 Å². The molecule has 1 aliphatic carbocycles. The van der Waals surface area contributed by atoms with E-state index in [-0.39, 0.29) is 12.1 Å². The summed E-state index contributed by atoms with van der Waals surface area (Å²) in [6, 6.07) is 9.73. The highest BCUT2D eigenvalue weighted by molar-refractivity contribution is 5.92. The first-order chi connectivity index (χ1) is 15.9. The number of amides is 2. The van der Waals surface area contributed by atoms with Crippen LogP contribution in [0.1, 0.15) is 43.5 Å². The van der Waals surface area contributed by atoms with Crippen molar-refractivity contribution >= 4 is 17.2 Å². The van der Waals surface area contributed by atoms with Crippen LogP contribution in [0.4, 0.5) is 10.5 Å². The summed E-state index contributed by atoms with van der Waals surface area (Å²) in [5.41, 5.74) is 3.02. The average Bonchev–Trinajstić information content (AvgIpc) is 3.43. The number of carbonyl (C=O) groups excluding carboxylic acids is 1. The quantitative estimate of drug-likeness (QED) is 0.506. The summed E-state index contributed by atoms with van der Waals surface area (Å²) in [5, 5.41) is 11.7. The molecule has 9 nitrogen and oxygen atoms in total. The monoisotopic (exact) mass is 443 g/mol. The summed E-state index contributed by atoms with van der Waals surface area (Å²) in [6.07, 6.45) is 6.35. The normalized spacial score (nSPS) is 24.0. The fourth-order valence-corrected chi connectivity index (χ4v) is 5.52. The molecule has 1 aliphatic heterocycles. The Labute approximate surface area is 190 Å². The maximum Gasteiger partial charge on any atom is 0.323 e. The third-order valence-corrected chi connectivity index (χ3v) is 6.91. The minimum Gasteiger partial charge on any atom is -0.337 e. The highest BCUT2D eigenvalue weighted by Gasteiger charge is 2.62. The number of fused-ring (bicyclic) bond motifs is 3. The first-order valence-electron chi connectivity index (χ1n) is 11.3. The molecule has 3 atom stereocenters. The molecular formula is C24H25N7O2. The van der Waals surface area contributed by atoms with Gasteiger partial charge in [-0.25, -0.2) is 14.3 Å². The van der Waals surface area contributed by atoms with Gasteiger partial charge in [-0.05, 0) is 62.4 Å². The van der Waals surface area contributed by atoms with E-state index < -0.39 is 5.54 Å². The van der Waals surface area contributed by atoms with Gasteiger partial charge in [-0.15, -0.1) is 5.10 Å². The molecule has 3 aromatic heterocycles. The number of hydrogen-bond acceptors (Lipinski definition) is 6. The number of anilines is 1. The van der Waals surface area contributed by atoms with Crippen molar-refractivity contribution in [3.05, 3.63) is 60.0 Å². The van der Waals surface area contributed by atoms with Crippen LogP contribution in [0.5, 0.6) is 0 Å². The number of rotatable bonds is 3. The van der Waals surface area contributed by atoms with E-state index >= 15 is 0 Å². The van der Waals surface area contributed by atoms with Crippen molar-refractivity contribution in [1.29, 1.82) is 0 Å². The van der Waals surface area contributed by atoms with E-state index in [2.05, 4.69) is 32.5 Å². The molecule has 6 rings (SSSR count). The van der Waals surface area contributed by atoms with Gasteiger partial charge in [-0.1, -0.05) is 18.1 Å². The summed E-state index contributed by atoms with van der Waals surface area (Å²) in [6.45, 7) is 6.03. The van der Waals surface area contributed by atoms with Crippen molar-refractivity contribution < 1.29 is 9.32 Å². The van der Waals surface area contributed by atoms with Crippen LogP contribution in [-0.2, 0) is 5.54 Å². The van der Waals surface area contributed by atoms with Crippen molar-refractivity contribution in [1.82, 2.24) is 29.6 Å². The van der Waals surface area contributed by atoms with E-state index in [0.29, 0.717) is 29.1 Å².